The van der Waals surface area contributed by atoms with Crippen LogP contribution in [0.5, 0.6) is 0 Å². The molecule has 2 aromatic rings. The first-order chi connectivity index (χ1) is 12.6. The van der Waals surface area contributed by atoms with Gasteiger partial charge >= 0.3 is 0 Å². The van der Waals surface area contributed by atoms with Crippen LogP contribution in [0.1, 0.15) is 37.1 Å². The first-order valence-corrected chi connectivity index (χ1v) is 9.23. The van der Waals surface area contributed by atoms with Crippen molar-refractivity contribution in [2.75, 3.05) is 13.1 Å². The van der Waals surface area contributed by atoms with Gasteiger partial charge in [0.25, 0.3) is 0 Å². The van der Waals surface area contributed by atoms with E-state index in [1.807, 2.05) is 0 Å². The quantitative estimate of drug-likeness (QED) is 0.909. The van der Waals surface area contributed by atoms with E-state index in [0.29, 0.717) is 47.8 Å². The highest BCUT2D eigenvalue weighted by molar-refractivity contribution is 5.77. The van der Waals surface area contributed by atoms with Gasteiger partial charge in [0, 0.05) is 37.0 Å². The summed E-state index contributed by atoms with van der Waals surface area (Å²) in [6.07, 6.45) is 4.01. The lowest BCUT2D eigenvalue weighted by Gasteiger charge is -2.27. The number of benzene rings is 1. The molecule has 3 heterocycles. The fourth-order valence-corrected chi connectivity index (χ4v) is 3.99. The van der Waals surface area contributed by atoms with E-state index in [4.69, 9.17) is 4.52 Å². The minimum absolute atomic E-state index is 0.165. The standard InChI is InChI=1S/C19H23FN4O2/c1-12-10-13(2-5-16(12)20)19-22-17(26-23-19)6-7-18(25)24-14-3-4-15(24)11-21-9-8-14/h2,5,10,14-15,21H,3-4,6-9,11H2,1H3. The number of carbonyl (C=O) groups excluding carboxylic acids is 1. The molecule has 2 unspecified atom stereocenters. The van der Waals surface area contributed by atoms with Crippen molar-refractivity contribution in [1.82, 2.24) is 20.4 Å². The van der Waals surface area contributed by atoms with Gasteiger partial charge in [0.15, 0.2) is 0 Å². The van der Waals surface area contributed by atoms with Crippen LogP contribution in [0, 0.1) is 12.7 Å². The fraction of sp³-hybridized carbons (Fsp3) is 0.526. The monoisotopic (exact) mass is 358 g/mol. The number of fused-ring (bicyclic) bond motifs is 2. The van der Waals surface area contributed by atoms with Crippen LogP contribution in [0.4, 0.5) is 4.39 Å². The lowest BCUT2D eigenvalue weighted by molar-refractivity contribution is -0.133. The molecule has 2 saturated heterocycles. The number of halogens is 1. The van der Waals surface area contributed by atoms with E-state index in [0.717, 1.165) is 32.4 Å². The normalized spacial score (nSPS) is 22.5. The zero-order valence-electron chi connectivity index (χ0n) is 14.9. The van der Waals surface area contributed by atoms with Crippen LogP contribution in [0.3, 0.4) is 0 Å². The van der Waals surface area contributed by atoms with Crippen LogP contribution in [-0.2, 0) is 11.2 Å². The zero-order chi connectivity index (χ0) is 18.1. The third-order valence-electron chi connectivity index (χ3n) is 5.38. The molecule has 6 nitrogen and oxygen atoms in total. The number of amides is 1. The summed E-state index contributed by atoms with van der Waals surface area (Å²) < 4.78 is 18.7. The number of aromatic nitrogens is 2. The molecule has 4 rings (SSSR count). The van der Waals surface area contributed by atoms with Gasteiger partial charge < -0.3 is 14.7 Å². The van der Waals surface area contributed by atoms with Crippen LogP contribution in [0.25, 0.3) is 11.4 Å². The third kappa shape index (κ3) is 3.35. The Morgan fingerprint density at radius 1 is 1.35 bits per heavy atom. The fourth-order valence-electron chi connectivity index (χ4n) is 3.99. The average Bonchev–Trinajstić information content (AvgIpc) is 3.19. The smallest absolute Gasteiger partial charge is 0.227 e. The number of nitrogens with one attached hydrogen (secondary N) is 1. The van der Waals surface area contributed by atoms with Crippen LogP contribution in [0.15, 0.2) is 22.7 Å². The molecule has 7 heteroatoms. The first-order valence-electron chi connectivity index (χ1n) is 9.23. The predicted molar refractivity (Wildman–Crippen MR) is 93.9 cm³/mol. The Labute approximate surface area is 151 Å². The molecule has 0 saturated carbocycles. The molecule has 2 aliphatic rings. The van der Waals surface area contributed by atoms with Gasteiger partial charge in [-0.25, -0.2) is 4.39 Å². The topological polar surface area (TPSA) is 71.3 Å². The van der Waals surface area contributed by atoms with Crippen LogP contribution >= 0.6 is 0 Å². The van der Waals surface area contributed by atoms with Crippen LogP contribution in [-0.4, -0.2) is 46.1 Å². The van der Waals surface area contributed by atoms with Crippen molar-refractivity contribution in [2.45, 2.75) is 51.1 Å². The SMILES string of the molecule is Cc1cc(-c2noc(CCC(=O)N3C4CCNCC3CC4)n2)ccc1F. The highest BCUT2D eigenvalue weighted by Gasteiger charge is 2.37. The largest absolute Gasteiger partial charge is 0.339 e. The summed E-state index contributed by atoms with van der Waals surface area (Å²) in [4.78, 5) is 19.1. The molecule has 2 aliphatic heterocycles. The zero-order valence-corrected chi connectivity index (χ0v) is 14.9. The second kappa shape index (κ2) is 7.15. The maximum absolute atomic E-state index is 13.4. The minimum atomic E-state index is -0.260. The molecular weight excluding hydrogens is 335 g/mol. The van der Waals surface area contributed by atoms with Gasteiger partial charge in [-0.05, 0) is 56.5 Å². The van der Waals surface area contributed by atoms with Crippen LogP contribution in [0.2, 0.25) is 0 Å². The Morgan fingerprint density at radius 2 is 2.19 bits per heavy atom. The summed E-state index contributed by atoms with van der Waals surface area (Å²) in [6, 6.07) is 5.40. The molecule has 2 bridgehead atoms. The Hall–Kier alpha value is -2.28. The van der Waals surface area contributed by atoms with Gasteiger partial charge in [-0.3, -0.25) is 4.79 Å². The molecule has 0 radical (unpaired) electrons. The number of hydrogen-bond acceptors (Lipinski definition) is 5. The van der Waals surface area contributed by atoms with Crippen molar-refractivity contribution in [1.29, 1.82) is 0 Å². The molecule has 1 amide bonds. The number of rotatable bonds is 4. The van der Waals surface area contributed by atoms with E-state index in [9.17, 15) is 9.18 Å². The number of hydrogen-bond donors (Lipinski definition) is 1. The summed E-state index contributed by atoms with van der Waals surface area (Å²) in [5.41, 5.74) is 1.25. The molecule has 0 aliphatic carbocycles. The molecule has 0 spiro atoms. The van der Waals surface area contributed by atoms with E-state index < -0.39 is 0 Å². The Kier molecular flexibility index (Phi) is 4.72. The second-order valence-electron chi connectivity index (χ2n) is 7.15. The number of carbonyl (C=O) groups is 1. The van der Waals surface area contributed by atoms with Gasteiger partial charge in [0.2, 0.25) is 17.6 Å². The van der Waals surface area contributed by atoms with Crippen LogP contribution < -0.4 is 5.32 Å². The molecule has 2 fully saturated rings. The molecule has 26 heavy (non-hydrogen) atoms. The summed E-state index contributed by atoms with van der Waals surface area (Å²) in [7, 11) is 0. The molecule has 1 aromatic heterocycles. The highest BCUT2D eigenvalue weighted by atomic mass is 19.1. The van der Waals surface area contributed by atoms with Crippen molar-refractivity contribution in [3.8, 4) is 11.4 Å². The Balaban J connectivity index is 1.40. The van der Waals surface area contributed by atoms with E-state index >= 15 is 0 Å². The third-order valence-corrected chi connectivity index (χ3v) is 5.38. The van der Waals surface area contributed by atoms with Crippen molar-refractivity contribution in [2.24, 2.45) is 0 Å². The van der Waals surface area contributed by atoms with Gasteiger partial charge in [-0.15, -0.1) is 0 Å². The van der Waals surface area contributed by atoms with Crippen molar-refractivity contribution in [3.05, 3.63) is 35.5 Å². The summed E-state index contributed by atoms with van der Waals surface area (Å²) >= 11 is 0. The van der Waals surface area contributed by atoms with Crippen molar-refractivity contribution in [3.63, 3.8) is 0 Å². The Morgan fingerprint density at radius 3 is 3.04 bits per heavy atom. The molecule has 1 aromatic carbocycles. The minimum Gasteiger partial charge on any atom is -0.339 e. The highest BCUT2D eigenvalue weighted by Crippen LogP contribution is 2.29. The average molecular weight is 358 g/mol. The van der Waals surface area contributed by atoms with E-state index in [1.165, 1.54) is 6.07 Å². The van der Waals surface area contributed by atoms with Crippen molar-refractivity contribution >= 4 is 5.91 Å². The lowest BCUT2D eigenvalue weighted by Crippen LogP contribution is -2.42. The molecular formula is C19H23FN4O2. The van der Waals surface area contributed by atoms with Gasteiger partial charge in [-0.2, -0.15) is 4.98 Å². The van der Waals surface area contributed by atoms with E-state index in [1.54, 1.807) is 19.1 Å². The van der Waals surface area contributed by atoms with Gasteiger partial charge in [0.05, 0.1) is 0 Å². The van der Waals surface area contributed by atoms with Gasteiger partial charge in [-0.1, -0.05) is 5.16 Å². The van der Waals surface area contributed by atoms with Crippen molar-refractivity contribution < 1.29 is 13.7 Å². The maximum atomic E-state index is 13.4. The summed E-state index contributed by atoms with van der Waals surface area (Å²) in [5, 5.41) is 7.37. The lowest BCUT2D eigenvalue weighted by atomic mass is 10.1. The second-order valence-corrected chi connectivity index (χ2v) is 7.15. The molecule has 1 N–H and O–H groups in total. The number of nitrogens with zero attached hydrogens (tertiary/aromatic N) is 3. The van der Waals surface area contributed by atoms with Gasteiger partial charge in [0.1, 0.15) is 5.82 Å². The van der Waals surface area contributed by atoms with E-state index in [-0.39, 0.29) is 11.7 Å². The molecule has 2 atom stereocenters. The summed E-state index contributed by atoms with van der Waals surface area (Å²) in [6.45, 7) is 3.56. The predicted octanol–water partition coefficient (Wildman–Crippen LogP) is 2.47. The summed E-state index contributed by atoms with van der Waals surface area (Å²) in [5.74, 6) is 0.772. The number of aryl methyl sites for hydroxylation is 2. The first kappa shape index (κ1) is 17.1. The van der Waals surface area contributed by atoms with E-state index in [2.05, 4.69) is 20.4 Å². The maximum Gasteiger partial charge on any atom is 0.227 e. The Bertz CT molecular complexity index is 793. The molecule has 138 valence electrons.